The van der Waals surface area contributed by atoms with E-state index in [0.29, 0.717) is 29.0 Å². The Morgan fingerprint density at radius 3 is 1.56 bits per heavy atom. The molecule has 4 aromatic rings. The number of aryl methyl sites for hydroxylation is 2. The minimum atomic E-state index is 0.539. The van der Waals surface area contributed by atoms with E-state index in [2.05, 4.69) is 50.2 Å². The monoisotopic (exact) mass is 364 g/mol. The molecule has 0 unspecified atom stereocenters. The number of benzene rings is 2. The second kappa shape index (κ2) is 3.85. The van der Waals surface area contributed by atoms with Crippen molar-refractivity contribution in [3.05, 3.63) is 45.3 Å². The van der Waals surface area contributed by atoms with Crippen LogP contribution in [0.3, 0.4) is 0 Å². The van der Waals surface area contributed by atoms with Gasteiger partial charge >= 0.3 is 118 Å². The Morgan fingerprint density at radius 1 is 0.667 bits per heavy atom. The molecule has 4 rings (SSSR count). The summed E-state index contributed by atoms with van der Waals surface area (Å²) in [4.78, 5) is 0. The molecule has 0 aliphatic rings. The van der Waals surface area contributed by atoms with Gasteiger partial charge in [0.1, 0.15) is 0 Å². The fourth-order valence-electron chi connectivity index (χ4n) is 2.66. The van der Waals surface area contributed by atoms with Crippen LogP contribution in [0.5, 0.6) is 0 Å². The fourth-order valence-corrected chi connectivity index (χ4v) is 7.02. The molecule has 0 N–H and O–H groups in total. The molecule has 0 saturated heterocycles. The summed E-state index contributed by atoms with van der Waals surface area (Å²) in [6.07, 6.45) is 0. The zero-order valence-electron chi connectivity index (χ0n) is 10.3. The van der Waals surface area contributed by atoms with E-state index in [9.17, 15) is 0 Å². The van der Waals surface area contributed by atoms with Crippen LogP contribution in [-0.2, 0) is 0 Å². The van der Waals surface area contributed by atoms with E-state index in [4.69, 9.17) is 0 Å². The zero-order chi connectivity index (χ0) is 12.3. The van der Waals surface area contributed by atoms with Crippen LogP contribution in [0.1, 0.15) is 8.87 Å². The molecule has 0 fully saturated rings. The van der Waals surface area contributed by atoms with Crippen molar-refractivity contribution < 1.29 is 0 Å². The number of hydrogen-bond acceptors (Lipinski definition) is 0. The van der Waals surface area contributed by atoms with E-state index < -0.39 is 0 Å². The predicted molar refractivity (Wildman–Crippen MR) is 82.3 cm³/mol. The fraction of sp³-hybridized carbons (Fsp3) is 0.125. The molecule has 0 spiro atoms. The molecule has 0 amide bonds. The summed E-state index contributed by atoms with van der Waals surface area (Å²) < 4.78 is 6.29. The number of fused-ring (bicyclic) bond motifs is 5. The van der Waals surface area contributed by atoms with Gasteiger partial charge in [-0.2, -0.15) is 0 Å². The molecule has 0 aliphatic carbocycles. The molecular weight excluding hydrogens is 350 g/mol. The Balaban J connectivity index is 2.29. The third-order valence-electron chi connectivity index (χ3n) is 3.41. The summed E-state index contributed by atoms with van der Waals surface area (Å²) in [6.45, 7) is 4.52. The molecule has 18 heavy (non-hydrogen) atoms. The molecule has 0 atom stereocenters. The molecule has 0 aliphatic heterocycles. The third kappa shape index (κ3) is 1.50. The normalized spacial score (nSPS) is 11.9. The zero-order valence-corrected chi connectivity index (χ0v) is 13.7. The van der Waals surface area contributed by atoms with Gasteiger partial charge in [0.15, 0.2) is 0 Å². The molecule has 0 nitrogen and oxygen atoms in total. The van der Waals surface area contributed by atoms with Gasteiger partial charge in [-0.05, 0) is 0 Å². The first-order valence-electron chi connectivity index (χ1n) is 6.04. The Bertz CT molecular complexity index is 818. The average Bonchev–Trinajstić information content (AvgIpc) is 2.89. The number of hydrogen-bond donors (Lipinski definition) is 0. The van der Waals surface area contributed by atoms with Crippen molar-refractivity contribution >= 4 is 59.1 Å². The summed E-state index contributed by atoms with van der Waals surface area (Å²) in [5, 5.41) is 5.92. The molecule has 2 aromatic carbocycles. The van der Waals surface area contributed by atoms with E-state index >= 15 is 0 Å². The molecule has 88 valence electrons. The summed E-state index contributed by atoms with van der Waals surface area (Å²) in [7, 11) is 0. The molecule has 2 heteroatoms. The SMILES string of the molecule is Cc1cc2ccc3c(ccc4cc(C)[se]c43)c2[se]1. The van der Waals surface area contributed by atoms with Gasteiger partial charge in [-0.3, -0.25) is 0 Å². The van der Waals surface area contributed by atoms with Crippen molar-refractivity contribution in [2.45, 2.75) is 13.8 Å². The summed E-state index contributed by atoms with van der Waals surface area (Å²) >= 11 is 1.08. The predicted octanol–water partition coefficient (Wildman–Crippen LogP) is 3.88. The van der Waals surface area contributed by atoms with Crippen molar-refractivity contribution in [2.24, 2.45) is 0 Å². The van der Waals surface area contributed by atoms with Gasteiger partial charge in [0.25, 0.3) is 0 Å². The van der Waals surface area contributed by atoms with Crippen LogP contribution in [0.25, 0.3) is 30.1 Å². The van der Waals surface area contributed by atoms with E-state index in [1.807, 2.05) is 0 Å². The topological polar surface area (TPSA) is 0 Å². The van der Waals surface area contributed by atoms with E-state index in [0.717, 1.165) is 0 Å². The standard InChI is InChI=1S/C16H12Se2/c1-9-7-11-3-5-14-13(15(11)17-9)6-4-12-8-10(2)18-16(12)14/h3-8H,1-2H3. The van der Waals surface area contributed by atoms with Gasteiger partial charge in [-0.1, -0.05) is 0 Å². The first-order valence-corrected chi connectivity index (χ1v) is 9.47. The van der Waals surface area contributed by atoms with Crippen molar-refractivity contribution in [1.82, 2.24) is 0 Å². The van der Waals surface area contributed by atoms with Gasteiger partial charge in [0, 0.05) is 0 Å². The second-order valence-electron chi connectivity index (χ2n) is 4.78. The van der Waals surface area contributed by atoms with Crippen molar-refractivity contribution in [2.75, 3.05) is 0 Å². The van der Waals surface area contributed by atoms with E-state index in [1.54, 1.807) is 17.4 Å². The van der Waals surface area contributed by atoms with E-state index in [-0.39, 0.29) is 0 Å². The Labute approximate surface area is 118 Å². The first kappa shape index (κ1) is 11.1. The maximum absolute atomic E-state index is 2.36. The molecule has 0 saturated carbocycles. The van der Waals surface area contributed by atoms with Gasteiger partial charge in [-0.25, -0.2) is 0 Å². The Kier molecular flexibility index (Phi) is 2.37. The van der Waals surface area contributed by atoms with Crippen molar-refractivity contribution in [1.29, 1.82) is 0 Å². The van der Waals surface area contributed by atoms with Crippen molar-refractivity contribution in [3.63, 3.8) is 0 Å². The Morgan fingerprint density at radius 2 is 1.11 bits per heavy atom. The second-order valence-corrected chi connectivity index (χ2v) is 10.0. The minimum absolute atomic E-state index is 0.539. The first-order chi connectivity index (χ1) is 8.72. The molecule has 0 bridgehead atoms. The van der Waals surface area contributed by atoms with Gasteiger partial charge in [0.2, 0.25) is 0 Å². The summed E-state index contributed by atoms with van der Waals surface area (Å²) in [5.41, 5.74) is 0. The van der Waals surface area contributed by atoms with Crippen LogP contribution in [0, 0.1) is 13.8 Å². The van der Waals surface area contributed by atoms with Gasteiger partial charge in [-0.15, -0.1) is 0 Å². The molecule has 2 heterocycles. The van der Waals surface area contributed by atoms with Crippen LogP contribution >= 0.6 is 0 Å². The van der Waals surface area contributed by atoms with E-state index in [1.165, 1.54) is 21.5 Å². The summed E-state index contributed by atoms with van der Waals surface area (Å²) in [6, 6.07) is 14.0. The van der Waals surface area contributed by atoms with Crippen LogP contribution in [0.15, 0.2) is 36.4 Å². The van der Waals surface area contributed by atoms with Crippen LogP contribution in [-0.4, -0.2) is 29.0 Å². The third-order valence-corrected chi connectivity index (χ3v) is 8.02. The van der Waals surface area contributed by atoms with Crippen molar-refractivity contribution in [3.8, 4) is 0 Å². The quantitative estimate of drug-likeness (QED) is 0.417. The molecule has 2 aromatic heterocycles. The van der Waals surface area contributed by atoms with Gasteiger partial charge < -0.3 is 0 Å². The average molecular weight is 362 g/mol. The molecule has 0 radical (unpaired) electrons. The van der Waals surface area contributed by atoms with Crippen LogP contribution in [0.4, 0.5) is 0 Å². The Hall–Kier alpha value is -0.781. The maximum atomic E-state index is 2.36. The van der Waals surface area contributed by atoms with Gasteiger partial charge in [0.05, 0.1) is 0 Å². The molecular formula is C16H12Se2. The van der Waals surface area contributed by atoms with Crippen LogP contribution < -0.4 is 0 Å². The summed E-state index contributed by atoms with van der Waals surface area (Å²) in [5.74, 6) is 0. The van der Waals surface area contributed by atoms with Crippen LogP contribution in [0.2, 0.25) is 0 Å². The number of rotatable bonds is 0.